The van der Waals surface area contributed by atoms with Gasteiger partial charge in [0.2, 0.25) is 0 Å². The van der Waals surface area contributed by atoms with Crippen LogP contribution in [0.4, 0.5) is 5.69 Å². The summed E-state index contributed by atoms with van der Waals surface area (Å²) in [6.45, 7) is 2.84. The van der Waals surface area contributed by atoms with Gasteiger partial charge in [-0.2, -0.15) is 0 Å². The highest BCUT2D eigenvalue weighted by molar-refractivity contribution is 7.80. The average molecular weight is 407 g/mol. The van der Waals surface area contributed by atoms with Gasteiger partial charge < -0.3 is 29.6 Å². The second-order valence-electron chi connectivity index (χ2n) is 6.12. The Kier molecular flexibility index (Phi) is 5.40. The fourth-order valence-corrected chi connectivity index (χ4v) is 3.34. The molecule has 142 valence electrons. The van der Waals surface area contributed by atoms with E-state index in [9.17, 15) is 0 Å². The summed E-state index contributed by atoms with van der Waals surface area (Å²) in [5.41, 5.74) is 1.78. The molecule has 0 aromatic heterocycles. The molecule has 0 bridgehead atoms. The zero-order chi connectivity index (χ0) is 18.6. The fourth-order valence-electron chi connectivity index (χ4n) is 2.86. The van der Waals surface area contributed by atoms with Gasteiger partial charge in [-0.3, -0.25) is 0 Å². The first-order valence-corrected chi connectivity index (χ1v) is 9.50. The van der Waals surface area contributed by atoms with Crippen LogP contribution in [-0.2, 0) is 6.54 Å². The van der Waals surface area contributed by atoms with Crippen LogP contribution < -0.4 is 29.6 Å². The molecular formula is C19H19ClN2O4S. The summed E-state index contributed by atoms with van der Waals surface area (Å²) in [6, 6.07) is 9.41. The number of benzene rings is 2. The molecule has 0 fully saturated rings. The Morgan fingerprint density at radius 3 is 2.59 bits per heavy atom. The Labute approximate surface area is 167 Å². The SMILES string of the molecule is S=C(NCc1cc(Cl)c2c(c1)OCCCO2)Nc1ccc2c(c1)OCCO2. The van der Waals surface area contributed by atoms with Gasteiger partial charge in [0, 0.05) is 24.7 Å². The van der Waals surface area contributed by atoms with Gasteiger partial charge in [-0.1, -0.05) is 11.6 Å². The van der Waals surface area contributed by atoms with E-state index >= 15 is 0 Å². The van der Waals surface area contributed by atoms with E-state index in [0.717, 1.165) is 23.4 Å². The largest absolute Gasteiger partial charge is 0.489 e. The zero-order valence-corrected chi connectivity index (χ0v) is 16.1. The molecule has 0 saturated carbocycles. The minimum Gasteiger partial charge on any atom is -0.489 e. The van der Waals surface area contributed by atoms with Crippen LogP contribution in [0.1, 0.15) is 12.0 Å². The van der Waals surface area contributed by atoms with Crippen molar-refractivity contribution in [2.24, 2.45) is 0 Å². The monoisotopic (exact) mass is 406 g/mol. The normalized spacial score (nSPS) is 14.9. The van der Waals surface area contributed by atoms with E-state index in [1.807, 2.05) is 30.3 Å². The summed E-state index contributed by atoms with van der Waals surface area (Å²) >= 11 is 11.7. The standard InChI is InChI=1S/C19H19ClN2O4S/c20-14-8-12(9-17-18(14)26-5-1-4-23-17)11-21-19(27)22-13-2-3-15-16(10-13)25-7-6-24-15/h2-3,8-10H,1,4-7,11H2,(H2,21,22,27). The van der Waals surface area contributed by atoms with Crippen molar-refractivity contribution >= 4 is 34.6 Å². The second-order valence-corrected chi connectivity index (χ2v) is 6.94. The molecule has 2 N–H and O–H groups in total. The highest BCUT2D eigenvalue weighted by Gasteiger charge is 2.16. The molecule has 0 amide bonds. The quantitative estimate of drug-likeness (QED) is 0.752. The third-order valence-corrected chi connectivity index (χ3v) is 4.64. The van der Waals surface area contributed by atoms with Crippen molar-refractivity contribution in [1.29, 1.82) is 0 Å². The molecule has 2 aromatic rings. The third-order valence-electron chi connectivity index (χ3n) is 4.12. The highest BCUT2D eigenvalue weighted by atomic mass is 35.5. The van der Waals surface area contributed by atoms with Gasteiger partial charge >= 0.3 is 0 Å². The summed E-state index contributed by atoms with van der Waals surface area (Å²) in [4.78, 5) is 0. The third kappa shape index (κ3) is 4.31. The van der Waals surface area contributed by atoms with E-state index in [-0.39, 0.29) is 0 Å². The molecule has 27 heavy (non-hydrogen) atoms. The molecule has 0 spiro atoms. The van der Waals surface area contributed by atoms with E-state index in [4.69, 9.17) is 42.8 Å². The molecule has 0 radical (unpaired) electrons. The lowest BCUT2D eigenvalue weighted by atomic mass is 10.2. The van der Waals surface area contributed by atoms with Crippen molar-refractivity contribution in [2.75, 3.05) is 31.7 Å². The van der Waals surface area contributed by atoms with Gasteiger partial charge in [-0.15, -0.1) is 0 Å². The number of rotatable bonds is 3. The molecule has 2 aliphatic heterocycles. The zero-order valence-electron chi connectivity index (χ0n) is 14.5. The number of hydrogen-bond acceptors (Lipinski definition) is 5. The van der Waals surface area contributed by atoms with Crippen molar-refractivity contribution in [3.05, 3.63) is 40.9 Å². The van der Waals surface area contributed by atoms with E-state index < -0.39 is 0 Å². The fraction of sp³-hybridized carbons (Fsp3) is 0.316. The van der Waals surface area contributed by atoms with E-state index in [0.29, 0.717) is 60.4 Å². The van der Waals surface area contributed by atoms with E-state index in [1.54, 1.807) is 0 Å². The first-order chi connectivity index (χ1) is 13.2. The first-order valence-electron chi connectivity index (χ1n) is 8.71. The molecule has 2 heterocycles. The lowest BCUT2D eigenvalue weighted by Crippen LogP contribution is -2.28. The van der Waals surface area contributed by atoms with Crippen molar-refractivity contribution in [3.63, 3.8) is 0 Å². The minimum atomic E-state index is 0.495. The average Bonchev–Trinajstić information content (AvgIpc) is 2.92. The van der Waals surface area contributed by atoms with Crippen LogP contribution in [0.15, 0.2) is 30.3 Å². The van der Waals surface area contributed by atoms with E-state index in [1.165, 1.54) is 0 Å². The Morgan fingerprint density at radius 2 is 1.70 bits per heavy atom. The lowest BCUT2D eigenvalue weighted by molar-refractivity contribution is 0.171. The van der Waals surface area contributed by atoms with Crippen molar-refractivity contribution < 1.29 is 18.9 Å². The molecule has 0 atom stereocenters. The van der Waals surface area contributed by atoms with Crippen molar-refractivity contribution in [2.45, 2.75) is 13.0 Å². The van der Waals surface area contributed by atoms with Crippen LogP contribution in [0.2, 0.25) is 5.02 Å². The summed E-state index contributed by atoms with van der Waals surface area (Å²) in [5.74, 6) is 2.73. The Morgan fingerprint density at radius 1 is 0.926 bits per heavy atom. The second kappa shape index (κ2) is 8.10. The molecule has 0 aliphatic carbocycles. The highest BCUT2D eigenvalue weighted by Crippen LogP contribution is 2.38. The Bertz CT molecular complexity index is 862. The summed E-state index contributed by atoms with van der Waals surface area (Å²) in [5, 5.41) is 7.35. The smallest absolute Gasteiger partial charge is 0.179 e. The van der Waals surface area contributed by atoms with Gasteiger partial charge in [0.1, 0.15) is 13.2 Å². The van der Waals surface area contributed by atoms with Crippen molar-refractivity contribution in [3.8, 4) is 23.0 Å². The topological polar surface area (TPSA) is 61.0 Å². The number of nitrogens with one attached hydrogen (secondary N) is 2. The molecule has 2 aliphatic rings. The van der Waals surface area contributed by atoms with Gasteiger partial charge in [0.25, 0.3) is 0 Å². The minimum absolute atomic E-state index is 0.495. The van der Waals surface area contributed by atoms with E-state index in [2.05, 4.69) is 10.6 Å². The molecule has 0 unspecified atom stereocenters. The van der Waals surface area contributed by atoms with Crippen LogP contribution in [0.25, 0.3) is 0 Å². The first kappa shape index (κ1) is 18.0. The maximum Gasteiger partial charge on any atom is 0.179 e. The van der Waals surface area contributed by atoms with Crippen LogP contribution >= 0.6 is 23.8 Å². The lowest BCUT2D eigenvalue weighted by Gasteiger charge is -2.19. The maximum atomic E-state index is 6.33. The number of anilines is 1. The molecule has 2 aromatic carbocycles. The Hall–Kier alpha value is -2.38. The number of halogens is 1. The number of hydrogen-bond donors (Lipinski definition) is 2. The number of ether oxygens (including phenoxy) is 4. The number of thiocarbonyl (C=S) groups is 1. The number of fused-ring (bicyclic) bond motifs is 2. The Balaban J connectivity index is 1.38. The van der Waals surface area contributed by atoms with Crippen LogP contribution in [0, 0.1) is 0 Å². The van der Waals surface area contributed by atoms with Gasteiger partial charge in [-0.25, -0.2) is 0 Å². The van der Waals surface area contributed by atoms with Crippen LogP contribution in [-0.4, -0.2) is 31.5 Å². The maximum absolute atomic E-state index is 6.33. The molecule has 4 rings (SSSR count). The van der Waals surface area contributed by atoms with Gasteiger partial charge in [0.15, 0.2) is 28.1 Å². The summed E-state index contributed by atoms with van der Waals surface area (Å²) in [7, 11) is 0. The predicted molar refractivity (Wildman–Crippen MR) is 108 cm³/mol. The summed E-state index contributed by atoms with van der Waals surface area (Å²) < 4.78 is 22.5. The molecule has 6 nitrogen and oxygen atoms in total. The summed E-state index contributed by atoms with van der Waals surface area (Å²) in [6.07, 6.45) is 0.835. The van der Waals surface area contributed by atoms with Crippen LogP contribution in [0.5, 0.6) is 23.0 Å². The molecule has 0 saturated heterocycles. The predicted octanol–water partition coefficient (Wildman–Crippen LogP) is 3.76. The van der Waals surface area contributed by atoms with Crippen molar-refractivity contribution in [1.82, 2.24) is 5.32 Å². The molecular weight excluding hydrogens is 388 g/mol. The molecule has 8 heteroatoms. The van der Waals surface area contributed by atoms with Crippen LogP contribution in [0.3, 0.4) is 0 Å². The van der Waals surface area contributed by atoms with Gasteiger partial charge in [0.05, 0.1) is 18.2 Å². The van der Waals surface area contributed by atoms with Gasteiger partial charge in [-0.05, 0) is 42.0 Å².